The highest BCUT2D eigenvalue weighted by Gasteiger charge is 2.04. The zero-order valence-corrected chi connectivity index (χ0v) is 11.4. The molecular formula is C12H8BrFO3S. The second-order valence-corrected chi connectivity index (χ2v) is 5.22. The van der Waals surface area contributed by atoms with Gasteiger partial charge in [0.05, 0.1) is 9.37 Å². The number of ether oxygens (including phenoxy) is 1. The Balaban J connectivity index is 2.18. The van der Waals surface area contributed by atoms with Crippen LogP contribution in [0.3, 0.4) is 0 Å². The van der Waals surface area contributed by atoms with Crippen molar-refractivity contribution in [3.05, 3.63) is 52.8 Å². The lowest BCUT2D eigenvalue weighted by atomic mass is 10.3. The summed E-state index contributed by atoms with van der Waals surface area (Å²) in [4.78, 5) is 0.294. The van der Waals surface area contributed by atoms with Crippen molar-refractivity contribution >= 4 is 27.0 Å². The van der Waals surface area contributed by atoms with Crippen LogP contribution in [0.1, 0.15) is 0 Å². The number of benzene rings is 2. The molecule has 0 amide bonds. The fraction of sp³-hybridized carbons (Fsp3) is 0. The average Bonchev–Trinajstić information content (AvgIpc) is 2.34. The van der Waals surface area contributed by atoms with Gasteiger partial charge in [-0.3, -0.25) is 0 Å². The molecule has 1 unspecified atom stereocenters. The summed E-state index contributed by atoms with van der Waals surface area (Å²) < 4.78 is 38.4. The smallest absolute Gasteiger partial charge is 0.186 e. The van der Waals surface area contributed by atoms with E-state index in [1.165, 1.54) is 30.3 Å². The Morgan fingerprint density at radius 2 is 1.72 bits per heavy atom. The van der Waals surface area contributed by atoms with Crippen LogP contribution in [0.5, 0.6) is 11.5 Å². The molecule has 1 N–H and O–H groups in total. The third-order valence-corrected chi connectivity index (χ3v) is 3.44. The van der Waals surface area contributed by atoms with Gasteiger partial charge in [-0.15, -0.1) is 0 Å². The first-order chi connectivity index (χ1) is 8.56. The molecule has 0 spiro atoms. The molecule has 2 aromatic rings. The van der Waals surface area contributed by atoms with Crippen molar-refractivity contribution in [2.75, 3.05) is 0 Å². The van der Waals surface area contributed by atoms with Crippen molar-refractivity contribution in [1.29, 1.82) is 0 Å². The highest BCUT2D eigenvalue weighted by molar-refractivity contribution is 9.10. The topological polar surface area (TPSA) is 46.5 Å². The minimum atomic E-state index is -2.00. The van der Waals surface area contributed by atoms with E-state index in [2.05, 4.69) is 15.9 Å². The summed E-state index contributed by atoms with van der Waals surface area (Å²) >= 11 is 1.06. The summed E-state index contributed by atoms with van der Waals surface area (Å²) in [6, 6.07) is 10.4. The van der Waals surface area contributed by atoms with Crippen molar-refractivity contribution in [3.63, 3.8) is 0 Å². The summed E-state index contributed by atoms with van der Waals surface area (Å²) in [6.07, 6.45) is 0. The van der Waals surface area contributed by atoms with Gasteiger partial charge in [-0.1, -0.05) is 0 Å². The predicted octanol–water partition coefficient (Wildman–Crippen LogP) is 3.96. The lowest BCUT2D eigenvalue weighted by Crippen LogP contribution is -1.89. The van der Waals surface area contributed by atoms with E-state index in [-0.39, 0.29) is 5.82 Å². The molecule has 0 saturated carbocycles. The number of rotatable bonds is 3. The molecule has 94 valence electrons. The molecule has 6 heteroatoms. The van der Waals surface area contributed by atoms with Crippen LogP contribution in [-0.4, -0.2) is 8.76 Å². The van der Waals surface area contributed by atoms with Crippen LogP contribution in [0.25, 0.3) is 0 Å². The second-order valence-electron chi connectivity index (χ2n) is 3.40. The minimum Gasteiger partial charge on any atom is -0.457 e. The van der Waals surface area contributed by atoms with Gasteiger partial charge in [0.25, 0.3) is 0 Å². The van der Waals surface area contributed by atoms with Gasteiger partial charge in [0.2, 0.25) is 0 Å². The summed E-state index contributed by atoms with van der Waals surface area (Å²) in [7, 11) is 0. The molecule has 0 aliphatic carbocycles. The lowest BCUT2D eigenvalue weighted by Gasteiger charge is -2.06. The van der Waals surface area contributed by atoms with E-state index in [9.17, 15) is 8.60 Å². The highest BCUT2D eigenvalue weighted by Crippen LogP contribution is 2.26. The molecule has 0 radical (unpaired) electrons. The van der Waals surface area contributed by atoms with Crippen LogP contribution in [-0.2, 0) is 11.1 Å². The Kier molecular flexibility index (Phi) is 4.11. The molecule has 2 rings (SSSR count). The largest absolute Gasteiger partial charge is 0.457 e. The van der Waals surface area contributed by atoms with Gasteiger partial charge in [-0.05, 0) is 58.4 Å². The van der Waals surface area contributed by atoms with Crippen molar-refractivity contribution in [2.45, 2.75) is 4.90 Å². The van der Waals surface area contributed by atoms with Crippen LogP contribution in [0.2, 0.25) is 0 Å². The first-order valence-corrected chi connectivity index (χ1v) is 6.80. The molecule has 0 saturated heterocycles. The van der Waals surface area contributed by atoms with Crippen LogP contribution >= 0.6 is 15.9 Å². The van der Waals surface area contributed by atoms with E-state index in [0.29, 0.717) is 20.9 Å². The monoisotopic (exact) mass is 330 g/mol. The molecule has 0 heterocycles. The van der Waals surface area contributed by atoms with Gasteiger partial charge < -0.3 is 9.29 Å². The Hall–Kier alpha value is -1.24. The Labute approximate surface area is 114 Å². The number of hydrogen-bond acceptors (Lipinski definition) is 2. The second kappa shape index (κ2) is 5.60. The molecule has 1 atom stereocenters. The van der Waals surface area contributed by atoms with Gasteiger partial charge in [0.1, 0.15) is 17.3 Å². The van der Waals surface area contributed by atoms with Crippen molar-refractivity contribution in [3.8, 4) is 11.5 Å². The van der Waals surface area contributed by atoms with E-state index in [1.807, 2.05) is 0 Å². The predicted molar refractivity (Wildman–Crippen MR) is 69.7 cm³/mol. The van der Waals surface area contributed by atoms with Crippen molar-refractivity contribution < 1.29 is 17.9 Å². The minimum absolute atomic E-state index is 0.294. The summed E-state index contributed by atoms with van der Waals surface area (Å²) in [5.74, 6) is 0.609. The molecule has 0 bridgehead atoms. The molecule has 0 aromatic heterocycles. The van der Waals surface area contributed by atoms with Gasteiger partial charge in [0.15, 0.2) is 11.1 Å². The maximum absolute atomic E-state index is 13.0. The molecule has 18 heavy (non-hydrogen) atoms. The van der Waals surface area contributed by atoms with Crippen LogP contribution in [0.15, 0.2) is 51.8 Å². The zero-order valence-electron chi connectivity index (χ0n) is 8.97. The van der Waals surface area contributed by atoms with Gasteiger partial charge in [-0.2, -0.15) is 0 Å². The van der Waals surface area contributed by atoms with Crippen LogP contribution in [0, 0.1) is 5.82 Å². The Bertz CT molecular complexity index is 586. The molecular weight excluding hydrogens is 323 g/mol. The molecule has 0 aliphatic rings. The normalized spacial score (nSPS) is 12.2. The van der Waals surface area contributed by atoms with Gasteiger partial charge in [-0.25, -0.2) is 8.60 Å². The number of hydrogen-bond donors (Lipinski definition) is 1. The Morgan fingerprint density at radius 3 is 2.28 bits per heavy atom. The summed E-state index contributed by atoms with van der Waals surface area (Å²) in [6.45, 7) is 0. The van der Waals surface area contributed by atoms with Gasteiger partial charge >= 0.3 is 0 Å². The fourth-order valence-corrected chi connectivity index (χ4v) is 2.03. The third-order valence-electron chi connectivity index (χ3n) is 2.15. The molecule has 0 fully saturated rings. The van der Waals surface area contributed by atoms with Gasteiger partial charge in [0, 0.05) is 0 Å². The molecule has 2 aromatic carbocycles. The molecule has 0 aliphatic heterocycles. The zero-order chi connectivity index (χ0) is 13.1. The first kappa shape index (κ1) is 13.2. The van der Waals surface area contributed by atoms with E-state index in [4.69, 9.17) is 9.29 Å². The quantitative estimate of drug-likeness (QED) is 0.866. The third kappa shape index (κ3) is 3.16. The van der Waals surface area contributed by atoms with E-state index < -0.39 is 11.1 Å². The fourth-order valence-electron chi connectivity index (χ4n) is 1.30. The summed E-state index contributed by atoms with van der Waals surface area (Å²) in [5, 5.41) is 0. The van der Waals surface area contributed by atoms with Crippen LogP contribution in [0.4, 0.5) is 4.39 Å². The van der Waals surface area contributed by atoms with E-state index in [1.54, 1.807) is 12.1 Å². The molecule has 3 nitrogen and oxygen atoms in total. The SMILES string of the molecule is O=S(O)c1ccc(Oc2ccc(F)c(Br)c2)cc1. The van der Waals surface area contributed by atoms with Crippen molar-refractivity contribution in [1.82, 2.24) is 0 Å². The van der Waals surface area contributed by atoms with E-state index >= 15 is 0 Å². The standard InChI is InChI=1S/C12H8BrFO3S/c13-11-7-9(3-6-12(11)14)17-8-1-4-10(5-2-8)18(15)16/h1-7H,(H,15,16). The number of halogens is 2. The first-order valence-electron chi connectivity index (χ1n) is 4.90. The maximum atomic E-state index is 13.0. The average molecular weight is 331 g/mol. The lowest BCUT2D eigenvalue weighted by molar-refractivity contribution is 0.479. The van der Waals surface area contributed by atoms with Crippen LogP contribution < -0.4 is 4.74 Å². The maximum Gasteiger partial charge on any atom is 0.186 e. The van der Waals surface area contributed by atoms with Crippen molar-refractivity contribution in [2.24, 2.45) is 0 Å². The Morgan fingerprint density at radius 1 is 1.11 bits per heavy atom. The summed E-state index contributed by atoms with van der Waals surface area (Å²) in [5.41, 5.74) is 0. The van der Waals surface area contributed by atoms with E-state index in [0.717, 1.165) is 0 Å². The highest BCUT2D eigenvalue weighted by atomic mass is 79.9.